The third-order valence-electron chi connectivity index (χ3n) is 6.75. The first-order chi connectivity index (χ1) is 16.8. The molecule has 2 N–H and O–H groups in total. The Morgan fingerprint density at radius 1 is 1.09 bits per heavy atom. The van der Waals surface area contributed by atoms with Crippen molar-refractivity contribution in [1.29, 1.82) is 0 Å². The van der Waals surface area contributed by atoms with Gasteiger partial charge in [-0.3, -0.25) is 14.5 Å². The third kappa shape index (κ3) is 4.03. The maximum Gasteiger partial charge on any atom is 0.314 e. The standard InChI is InChI=1S/C26H27N7O2/c1-15(2)21-13-27-14-22(31-21)32-24-20(12-30-33(24)4)23-28-10-18(11-29-23)17-5-7-19(8-6-17)26(25(34)35)9-16(26)3/h5-8,10-16H,9H2,1-4H3,(H,31,32)(H,34,35). The Morgan fingerprint density at radius 3 is 2.37 bits per heavy atom. The summed E-state index contributed by atoms with van der Waals surface area (Å²) in [5.41, 5.74) is 3.52. The molecule has 3 aromatic heterocycles. The highest BCUT2D eigenvalue weighted by Gasteiger charge is 2.58. The zero-order valence-electron chi connectivity index (χ0n) is 20.1. The highest BCUT2D eigenvalue weighted by molar-refractivity contribution is 5.86. The van der Waals surface area contributed by atoms with Gasteiger partial charge in [0, 0.05) is 31.2 Å². The van der Waals surface area contributed by atoms with E-state index < -0.39 is 11.4 Å². The molecule has 3 heterocycles. The minimum Gasteiger partial charge on any atom is -0.481 e. The van der Waals surface area contributed by atoms with Crippen molar-refractivity contribution in [2.24, 2.45) is 13.0 Å². The third-order valence-corrected chi connectivity index (χ3v) is 6.75. The fraction of sp³-hybridized carbons (Fsp3) is 0.308. The Kier molecular flexibility index (Phi) is 5.55. The maximum atomic E-state index is 11.8. The van der Waals surface area contributed by atoms with Crippen LogP contribution in [0.15, 0.2) is 55.2 Å². The van der Waals surface area contributed by atoms with Gasteiger partial charge in [0.1, 0.15) is 11.6 Å². The molecule has 0 saturated heterocycles. The van der Waals surface area contributed by atoms with Gasteiger partial charge >= 0.3 is 5.97 Å². The summed E-state index contributed by atoms with van der Waals surface area (Å²) in [4.78, 5) is 29.8. The van der Waals surface area contributed by atoms with Crippen LogP contribution in [0.4, 0.5) is 11.6 Å². The Labute approximate surface area is 203 Å². The van der Waals surface area contributed by atoms with Gasteiger partial charge in [0.2, 0.25) is 0 Å². The predicted octanol–water partition coefficient (Wildman–Crippen LogP) is 4.56. The quantitative estimate of drug-likeness (QED) is 0.404. The van der Waals surface area contributed by atoms with Gasteiger partial charge in [-0.2, -0.15) is 5.10 Å². The number of hydrogen-bond acceptors (Lipinski definition) is 7. The van der Waals surface area contributed by atoms with Gasteiger partial charge in [-0.1, -0.05) is 45.0 Å². The highest BCUT2D eigenvalue weighted by Crippen LogP contribution is 2.54. The molecule has 1 aliphatic rings. The summed E-state index contributed by atoms with van der Waals surface area (Å²) in [6.45, 7) is 6.12. The van der Waals surface area contributed by atoms with Crippen LogP contribution in [0.2, 0.25) is 0 Å². The van der Waals surface area contributed by atoms with Crippen LogP contribution in [0, 0.1) is 5.92 Å². The Hall–Kier alpha value is -4.14. The van der Waals surface area contributed by atoms with E-state index in [1.165, 1.54) is 0 Å². The fourth-order valence-corrected chi connectivity index (χ4v) is 4.41. The van der Waals surface area contributed by atoms with E-state index in [1.807, 2.05) is 38.2 Å². The molecule has 2 atom stereocenters. The highest BCUT2D eigenvalue weighted by atomic mass is 16.4. The molecule has 0 bridgehead atoms. The van der Waals surface area contributed by atoms with E-state index in [4.69, 9.17) is 0 Å². The van der Waals surface area contributed by atoms with Crippen molar-refractivity contribution in [3.63, 3.8) is 0 Å². The number of anilines is 2. The Morgan fingerprint density at radius 2 is 1.77 bits per heavy atom. The summed E-state index contributed by atoms with van der Waals surface area (Å²) in [5, 5.41) is 17.3. The summed E-state index contributed by atoms with van der Waals surface area (Å²) in [7, 11) is 1.84. The zero-order valence-corrected chi connectivity index (χ0v) is 20.1. The number of nitrogens with one attached hydrogen (secondary N) is 1. The van der Waals surface area contributed by atoms with Crippen LogP contribution in [0.3, 0.4) is 0 Å². The number of aromatic nitrogens is 6. The zero-order chi connectivity index (χ0) is 24.7. The van der Waals surface area contributed by atoms with Crippen molar-refractivity contribution in [3.8, 4) is 22.5 Å². The first kappa shape index (κ1) is 22.6. The summed E-state index contributed by atoms with van der Waals surface area (Å²) < 4.78 is 1.71. The Balaban J connectivity index is 1.38. The van der Waals surface area contributed by atoms with E-state index in [-0.39, 0.29) is 11.8 Å². The molecule has 1 saturated carbocycles. The lowest BCUT2D eigenvalue weighted by Gasteiger charge is -2.12. The minimum atomic E-state index is -0.756. The van der Waals surface area contributed by atoms with Crippen LogP contribution in [-0.2, 0) is 17.3 Å². The molecule has 0 amide bonds. The van der Waals surface area contributed by atoms with Crippen molar-refractivity contribution in [3.05, 3.63) is 66.5 Å². The van der Waals surface area contributed by atoms with Gasteiger partial charge in [0.25, 0.3) is 0 Å². The monoisotopic (exact) mass is 469 g/mol. The topological polar surface area (TPSA) is 119 Å². The molecule has 35 heavy (non-hydrogen) atoms. The lowest BCUT2D eigenvalue weighted by atomic mass is 9.92. The minimum absolute atomic E-state index is 0.148. The Bertz CT molecular complexity index is 1380. The van der Waals surface area contributed by atoms with E-state index in [2.05, 4.69) is 44.2 Å². The summed E-state index contributed by atoms with van der Waals surface area (Å²) in [5.74, 6) is 1.53. The number of nitrogens with zero attached hydrogens (tertiary/aromatic N) is 6. The van der Waals surface area contributed by atoms with Crippen LogP contribution in [0.25, 0.3) is 22.5 Å². The summed E-state index contributed by atoms with van der Waals surface area (Å²) in [6, 6.07) is 7.66. The van der Waals surface area contributed by atoms with Gasteiger partial charge < -0.3 is 10.4 Å². The molecule has 9 heteroatoms. The van der Waals surface area contributed by atoms with E-state index in [9.17, 15) is 9.90 Å². The predicted molar refractivity (Wildman–Crippen MR) is 132 cm³/mol. The summed E-state index contributed by atoms with van der Waals surface area (Å²) in [6.07, 6.45) is 9.36. The molecular weight excluding hydrogens is 442 g/mol. The number of aliphatic carboxylic acids is 1. The lowest BCUT2D eigenvalue weighted by Crippen LogP contribution is -2.21. The second-order valence-electron chi connectivity index (χ2n) is 9.39. The first-order valence-electron chi connectivity index (χ1n) is 11.6. The van der Waals surface area contributed by atoms with Crippen molar-refractivity contribution >= 4 is 17.6 Å². The average Bonchev–Trinajstić information content (AvgIpc) is 3.44. The number of hydrogen-bond donors (Lipinski definition) is 2. The average molecular weight is 470 g/mol. The van der Waals surface area contributed by atoms with E-state index >= 15 is 0 Å². The molecule has 0 spiro atoms. The molecule has 4 aromatic rings. The van der Waals surface area contributed by atoms with Gasteiger partial charge in [-0.25, -0.2) is 15.0 Å². The van der Waals surface area contributed by atoms with Crippen molar-refractivity contribution in [2.45, 2.75) is 38.5 Å². The maximum absolute atomic E-state index is 11.8. The van der Waals surface area contributed by atoms with Crippen LogP contribution in [-0.4, -0.2) is 40.8 Å². The second-order valence-corrected chi connectivity index (χ2v) is 9.39. The smallest absolute Gasteiger partial charge is 0.314 e. The molecule has 0 radical (unpaired) electrons. The lowest BCUT2D eigenvalue weighted by molar-refractivity contribution is -0.140. The number of aryl methyl sites for hydroxylation is 1. The van der Waals surface area contributed by atoms with Crippen LogP contribution >= 0.6 is 0 Å². The normalized spacial score (nSPS) is 19.1. The van der Waals surface area contributed by atoms with Crippen LogP contribution in [0.1, 0.15) is 44.4 Å². The van der Waals surface area contributed by atoms with Crippen molar-refractivity contribution in [1.82, 2.24) is 29.7 Å². The molecule has 178 valence electrons. The molecular formula is C26H27N7O2. The molecule has 1 fully saturated rings. The van der Waals surface area contributed by atoms with Crippen molar-refractivity contribution < 1.29 is 9.90 Å². The van der Waals surface area contributed by atoms with Gasteiger partial charge in [0.15, 0.2) is 5.82 Å². The van der Waals surface area contributed by atoms with Gasteiger partial charge in [-0.05, 0) is 29.4 Å². The van der Waals surface area contributed by atoms with E-state index in [1.54, 1.807) is 35.7 Å². The van der Waals surface area contributed by atoms with Gasteiger partial charge in [-0.15, -0.1) is 0 Å². The molecule has 2 unspecified atom stereocenters. The van der Waals surface area contributed by atoms with E-state index in [0.717, 1.165) is 33.8 Å². The largest absolute Gasteiger partial charge is 0.481 e. The second kappa shape index (κ2) is 8.57. The van der Waals surface area contributed by atoms with E-state index in [0.29, 0.717) is 18.1 Å². The van der Waals surface area contributed by atoms with Crippen LogP contribution < -0.4 is 5.32 Å². The number of carboxylic acids is 1. The number of carboxylic acid groups (broad SMARTS) is 1. The molecule has 9 nitrogen and oxygen atoms in total. The molecule has 0 aliphatic heterocycles. The number of carbonyl (C=O) groups is 1. The molecule has 1 aliphatic carbocycles. The van der Waals surface area contributed by atoms with Crippen LogP contribution in [0.5, 0.6) is 0 Å². The number of rotatable bonds is 7. The number of benzene rings is 1. The fourth-order valence-electron chi connectivity index (χ4n) is 4.41. The molecule has 1 aromatic carbocycles. The first-order valence-corrected chi connectivity index (χ1v) is 11.6. The van der Waals surface area contributed by atoms with Gasteiger partial charge in [0.05, 0.1) is 29.1 Å². The molecule has 5 rings (SSSR count). The summed E-state index contributed by atoms with van der Waals surface area (Å²) >= 11 is 0. The van der Waals surface area contributed by atoms with Crippen molar-refractivity contribution in [2.75, 3.05) is 5.32 Å². The SMILES string of the molecule is CC(C)c1cncc(Nc2c(-c3ncc(-c4ccc(C5(C(=O)O)CC5C)cc4)cn3)cnn2C)n1.